The lowest BCUT2D eigenvalue weighted by Gasteiger charge is -2.34. The smallest absolute Gasteiger partial charge is 0.170 e. The van der Waals surface area contributed by atoms with Crippen molar-refractivity contribution in [3.8, 4) is 6.07 Å². The van der Waals surface area contributed by atoms with Gasteiger partial charge in [-0.05, 0) is 25.7 Å². The fraction of sp³-hybridized carbons (Fsp3) is 0.923. The Hall–Kier alpha value is -0.630. The number of hydrogen-bond acceptors (Lipinski definition) is 4. The molecule has 0 aromatic heterocycles. The van der Waals surface area contributed by atoms with Crippen LogP contribution in [0.5, 0.6) is 0 Å². The minimum atomic E-state index is -0.361. The molecule has 1 atom stereocenters. The van der Waals surface area contributed by atoms with Crippen LogP contribution in [0.2, 0.25) is 0 Å². The minimum absolute atomic E-state index is 0.163. The van der Waals surface area contributed by atoms with Crippen LogP contribution in [0.1, 0.15) is 38.5 Å². The van der Waals surface area contributed by atoms with Gasteiger partial charge in [0.2, 0.25) is 0 Å². The zero-order valence-electron chi connectivity index (χ0n) is 10.2. The van der Waals surface area contributed by atoms with Crippen molar-refractivity contribution in [2.45, 2.75) is 50.5 Å². The number of ether oxygens (including phenoxy) is 2. The molecule has 3 rings (SSSR count). The van der Waals surface area contributed by atoms with Crippen LogP contribution >= 0.6 is 0 Å². The van der Waals surface area contributed by atoms with Gasteiger partial charge in [-0.15, -0.1) is 0 Å². The van der Waals surface area contributed by atoms with E-state index in [1.165, 1.54) is 12.8 Å². The molecule has 4 heteroatoms. The number of nitrogens with zero attached hydrogens (tertiary/aromatic N) is 2. The maximum absolute atomic E-state index is 8.91. The Morgan fingerprint density at radius 1 is 1.18 bits per heavy atom. The van der Waals surface area contributed by atoms with E-state index in [1.807, 2.05) is 0 Å². The molecule has 2 heterocycles. The van der Waals surface area contributed by atoms with Gasteiger partial charge in [0.15, 0.2) is 5.79 Å². The molecule has 1 saturated carbocycles. The number of nitriles is 1. The molecule has 1 aliphatic carbocycles. The van der Waals surface area contributed by atoms with Gasteiger partial charge in [-0.2, -0.15) is 5.26 Å². The van der Waals surface area contributed by atoms with Crippen LogP contribution in [-0.2, 0) is 9.47 Å². The maximum atomic E-state index is 8.91. The van der Waals surface area contributed by atoms with Gasteiger partial charge in [-0.3, -0.25) is 4.90 Å². The maximum Gasteiger partial charge on any atom is 0.170 e. The highest BCUT2D eigenvalue weighted by Crippen LogP contribution is 2.40. The first-order valence-electron chi connectivity index (χ1n) is 6.77. The van der Waals surface area contributed by atoms with Gasteiger partial charge in [0, 0.05) is 31.8 Å². The summed E-state index contributed by atoms with van der Waals surface area (Å²) in [6.07, 6.45) is 6.33. The van der Waals surface area contributed by atoms with Crippen LogP contribution in [-0.4, -0.2) is 36.6 Å². The van der Waals surface area contributed by atoms with E-state index < -0.39 is 0 Å². The van der Waals surface area contributed by atoms with Crippen molar-refractivity contribution in [3.63, 3.8) is 0 Å². The quantitative estimate of drug-likeness (QED) is 0.697. The monoisotopic (exact) mass is 236 g/mol. The summed E-state index contributed by atoms with van der Waals surface area (Å²) in [5.41, 5.74) is 0. The second kappa shape index (κ2) is 4.56. The highest BCUT2D eigenvalue weighted by Gasteiger charge is 2.46. The van der Waals surface area contributed by atoms with Crippen molar-refractivity contribution in [1.29, 1.82) is 5.26 Å². The first-order chi connectivity index (χ1) is 8.31. The van der Waals surface area contributed by atoms with E-state index in [9.17, 15) is 0 Å². The summed E-state index contributed by atoms with van der Waals surface area (Å²) in [6.45, 7) is 2.99. The molecule has 3 fully saturated rings. The minimum Gasteiger partial charge on any atom is -0.346 e. The molecule has 94 valence electrons. The summed E-state index contributed by atoms with van der Waals surface area (Å²) in [4.78, 5) is 2.39. The third kappa shape index (κ3) is 2.20. The van der Waals surface area contributed by atoms with E-state index in [0.29, 0.717) is 6.61 Å². The van der Waals surface area contributed by atoms with E-state index in [0.717, 1.165) is 38.8 Å². The van der Waals surface area contributed by atoms with Crippen molar-refractivity contribution >= 4 is 0 Å². The van der Waals surface area contributed by atoms with Crippen molar-refractivity contribution < 1.29 is 9.47 Å². The third-order valence-electron chi connectivity index (χ3n) is 4.32. The van der Waals surface area contributed by atoms with Gasteiger partial charge in [0.25, 0.3) is 0 Å². The molecule has 0 aromatic carbocycles. The lowest BCUT2D eigenvalue weighted by molar-refractivity contribution is -0.203. The molecule has 4 nitrogen and oxygen atoms in total. The Morgan fingerprint density at radius 2 is 1.88 bits per heavy atom. The lowest BCUT2D eigenvalue weighted by atomic mass is 9.86. The number of likely N-dealkylation sites (tertiary alicyclic amines) is 1. The summed E-state index contributed by atoms with van der Waals surface area (Å²) < 4.78 is 12.1. The molecule has 0 radical (unpaired) electrons. The van der Waals surface area contributed by atoms with E-state index in [4.69, 9.17) is 14.7 Å². The van der Waals surface area contributed by atoms with Gasteiger partial charge in [0.05, 0.1) is 12.7 Å². The molecule has 1 unspecified atom stereocenters. The summed E-state index contributed by atoms with van der Waals surface area (Å²) in [5.74, 6) is -0.153. The number of hydrogen-bond donors (Lipinski definition) is 0. The fourth-order valence-corrected chi connectivity index (χ4v) is 3.20. The largest absolute Gasteiger partial charge is 0.346 e. The average Bonchev–Trinajstić information content (AvgIpc) is 3.00. The van der Waals surface area contributed by atoms with Crippen LogP contribution in [0.25, 0.3) is 0 Å². The van der Waals surface area contributed by atoms with Crippen molar-refractivity contribution in [3.05, 3.63) is 0 Å². The van der Waals surface area contributed by atoms with Gasteiger partial charge in [-0.25, -0.2) is 0 Å². The van der Waals surface area contributed by atoms with Gasteiger partial charge in [0.1, 0.15) is 6.23 Å². The van der Waals surface area contributed by atoms with E-state index in [-0.39, 0.29) is 17.9 Å². The zero-order chi connectivity index (χ0) is 11.7. The Kier molecular flexibility index (Phi) is 3.08. The van der Waals surface area contributed by atoms with Crippen LogP contribution in [0.4, 0.5) is 0 Å². The normalized spacial score (nSPS) is 43.0. The first-order valence-corrected chi connectivity index (χ1v) is 6.77. The van der Waals surface area contributed by atoms with Gasteiger partial charge < -0.3 is 9.47 Å². The fourth-order valence-electron chi connectivity index (χ4n) is 3.20. The Bertz CT molecular complexity index is 312. The van der Waals surface area contributed by atoms with E-state index in [2.05, 4.69) is 11.0 Å². The van der Waals surface area contributed by atoms with Gasteiger partial charge >= 0.3 is 0 Å². The predicted molar refractivity (Wildman–Crippen MR) is 61.9 cm³/mol. The topological polar surface area (TPSA) is 45.5 Å². The predicted octanol–water partition coefficient (Wildman–Crippen LogP) is 1.87. The Balaban J connectivity index is 1.58. The molecule has 2 aliphatic heterocycles. The molecule has 0 N–H and O–H groups in total. The van der Waals surface area contributed by atoms with Crippen LogP contribution in [0.3, 0.4) is 0 Å². The van der Waals surface area contributed by atoms with Crippen LogP contribution in [0, 0.1) is 17.2 Å². The highest BCUT2D eigenvalue weighted by molar-refractivity contribution is 4.93. The van der Waals surface area contributed by atoms with Crippen molar-refractivity contribution in [2.24, 2.45) is 5.92 Å². The van der Waals surface area contributed by atoms with Crippen molar-refractivity contribution in [1.82, 2.24) is 4.90 Å². The molecule has 0 amide bonds. The highest BCUT2D eigenvalue weighted by atomic mass is 16.8. The Morgan fingerprint density at radius 3 is 2.53 bits per heavy atom. The second-order valence-corrected chi connectivity index (χ2v) is 5.44. The van der Waals surface area contributed by atoms with Gasteiger partial charge in [-0.1, -0.05) is 0 Å². The molecular weight excluding hydrogens is 216 g/mol. The molecular formula is C13H20N2O2. The molecule has 0 bridgehead atoms. The average molecular weight is 236 g/mol. The van der Waals surface area contributed by atoms with Crippen LogP contribution in [0.15, 0.2) is 0 Å². The summed E-state index contributed by atoms with van der Waals surface area (Å²) >= 11 is 0. The number of rotatable bonds is 1. The first kappa shape index (κ1) is 11.5. The molecule has 17 heavy (non-hydrogen) atoms. The molecule has 1 spiro atoms. The van der Waals surface area contributed by atoms with Crippen LogP contribution < -0.4 is 0 Å². The molecule has 2 saturated heterocycles. The molecule has 3 aliphatic rings. The second-order valence-electron chi connectivity index (χ2n) is 5.44. The van der Waals surface area contributed by atoms with E-state index in [1.54, 1.807) is 0 Å². The molecule has 0 aromatic rings. The zero-order valence-corrected chi connectivity index (χ0v) is 10.2. The van der Waals surface area contributed by atoms with E-state index >= 15 is 0 Å². The standard InChI is InChI=1S/C13H20N2O2/c14-9-11-3-5-13(6-4-11)16-10-12(17-13)15-7-1-2-8-15/h11-12H,1-8,10H2. The van der Waals surface area contributed by atoms with Crippen molar-refractivity contribution in [2.75, 3.05) is 19.7 Å². The third-order valence-corrected chi connectivity index (χ3v) is 4.32. The summed E-state index contributed by atoms with van der Waals surface area (Å²) in [6, 6.07) is 2.36. The SMILES string of the molecule is N#CC1CCC2(CC1)OCC(N1CCCC1)O2. The summed E-state index contributed by atoms with van der Waals surface area (Å²) in [7, 11) is 0. The lowest BCUT2D eigenvalue weighted by Crippen LogP contribution is -2.39. The summed E-state index contributed by atoms with van der Waals surface area (Å²) in [5, 5.41) is 8.91. The Labute approximate surface area is 102 Å².